The van der Waals surface area contributed by atoms with Crippen LogP contribution in [0.2, 0.25) is 5.02 Å². The van der Waals surface area contributed by atoms with E-state index in [-0.39, 0.29) is 24.9 Å². The van der Waals surface area contributed by atoms with Crippen molar-refractivity contribution in [3.05, 3.63) is 50.1 Å². The lowest BCUT2D eigenvalue weighted by Crippen LogP contribution is -2.16. The van der Waals surface area contributed by atoms with Crippen LogP contribution in [0.3, 0.4) is 0 Å². The van der Waals surface area contributed by atoms with E-state index in [2.05, 4.69) is 15.5 Å². The Hall–Kier alpha value is -2.56. The van der Waals surface area contributed by atoms with Crippen molar-refractivity contribution >= 4 is 51.6 Å². The molecule has 2 heterocycles. The van der Waals surface area contributed by atoms with E-state index in [9.17, 15) is 9.59 Å². The number of anilines is 1. The van der Waals surface area contributed by atoms with Gasteiger partial charge >= 0.3 is 5.97 Å². The SMILES string of the molecule is CCOC(=O)c1c(NC(=O)CSc2nnc(COc3cc(C)c(Cl)c(C)c3)n2C)sc(C)c1C. The van der Waals surface area contributed by atoms with Crippen LogP contribution >= 0.6 is 34.7 Å². The smallest absolute Gasteiger partial charge is 0.341 e. The lowest BCUT2D eigenvalue weighted by Gasteiger charge is -2.10. The molecule has 0 aliphatic heterocycles. The summed E-state index contributed by atoms with van der Waals surface area (Å²) in [6.45, 7) is 9.86. The zero-order valence-corrected chi connectivity index (χ0v) is 22.3. The third kappa shape index (κ3) is 5.92. The van der Waals surface area contributed by atoms with Crippen molar-refractivity contribution in [2.75, 3.05) is 17.7 Å². The summed E-state index contributed by atoms with van der Waals surface area (Å²) in [6.07, 6.45) is 0. The van der Waals surface area contributed by atoms with Gasteiger partial charge in [0.2, 0.25) is 5.91 Å². The maximum atomic E-state index is 12.6. The number of aryl methyl sites for hydroxylation is 3. The molecule has 0 radical (unpaired) electrons. The van der Waals surface area contributed by atoms with Crippen molar-refractivity contribution in [1.82, 2.24) is 14.8 Å². The summed E-state index contributed by atoms with van der Waals surface area (Å²) in [5.41, 5.74) is 3.11. The number of esters is 1. The van der Waals surface area contributed by atoms with Gasteiger partial charge in [-0.15, -0.1) is 21.5 Å². The second-order valence-corrected chi connectivity index (χ2v) is 10.2. The highest BCUT2D eigenvalue weighted by molar-refractivity contribution is 7.99. The van der Waals surface area contributed by atoms with Crippen LogP contribution in [0.25, 0.3) is 0 Å². The predicted octanol–water partition coefficient (Wildman–Crippen LogP) is 5.25. The summed E-state index contributed by atoms with van der Waals surface area (Å²) in [4.78, 5) is 25.9. The number of nitrogens with one attached hydrogen (secondary N) is 1. The Balaban J connectivity index is 1.60. The van der Waals surface area contributed by atoms with Gasteiger partial charge in [-0.2, -0.15) is 0 Å². The van der Waals surface area contributed by atoms with E-state index in [0.717, 1.165) is 26.6 Å². The number of benzene rings is 1. The highest BCUT2D eigenvalue weighted by atomic mass is 35.5. The molecule has 3 rings (SSSR count). The maximum Gasteiger partial charge on any atom is 0.341 e. The number of halogens is 1. The van der Waals surface area contributed by atoms with Gasteiger partial charge in [0.05, 0.1) is 17.9 Å². The number of aromatic nitrogens is 3. The van der Waals surface area contributed by atoms with Crippen LogP contribution in [0, 0.1) is 27.7 Å². The number of hydrogen-bond donors (Lipinski definition) is 1. The molecule has 182 valence electrons. The highest BCUT2D eigenvalue weighted by Crippen LogP contribution is 2.33. The van der Waals surface area contributed by atoms with Gasteiger partial charge in [0.25, 0.3) is 0 Å². The fraction of sp³-hybridized carbons (Fsp3) is 0.391. The summed E-state index contributed by atoms with van der Waals surface area (Å²) in [5, 5.41) is 13.0. The molecule has 34 heavy (non-hydrogen) atoms. The number of carbonyl (C=O) groups excluding carboxylic acids is 2. The fourth-order valence-corrected chi connectivity index (χ4v) is 5.09. The molecule has 0 saturated carbocycles. The predicted molar refractivity (Wildman–Crippen MR) is 135 cm³/mol. The van der Waals surface area contributed by atoms with Crippen molar-refractivity contribution in [3.63, 3.8) is 0 Å². The van der Waals surface area contributed by atoms with Crippen LogP contribution in [0.4, 0.5) is 5.00 Å². The number of rotatable bonds is 9. The van der Waals surface area contributed by atoms with Gasteiger partial charge in [-0.25, -0.2) is 4.79 Å². The Morgan fingerprint density at radius 3 is 2.50 bits per heavy atom. The molecule has 1 aromatic carbocycles. The molecule has 11 heteroatoms. The molecule has 0 fully saturated rings. The van der Waals surface area contributed by atoms with E-state index in [0.29, 0.717) is 27.3 Å². The van der Waals surface area contributed by atoms with Crippen LogP contribution in [0.15, 0.2) is 17.3 Å². The van der Waals surface area contributed by atoms with E-state index in [1.807, 2.05) is 46.9 Å². The van der Waals surface area contributed by atoms with Crippen LogP contribution in [-0.4, -0.2) is 39.0 Å². The molecule has 1 amide bonds. The highest BCUT2D eigenvalue weighted by Gasteiger charge is 2.22. The third-order valence-electron chi connectivity index (χ3n) is 5.15. The van der Waals surface area contributed by atoms with Crippen LogP contribution < -0.4 is 10.1 Å². The molecule has 0 aliphatic carbocycles. The number of carbonyl (C=O) groups is 2. The lowest BCUT2D eigenvalue weighted by molar-refractivity contribution is -0.113. The summed E-state index contributed by atoms with van der Waals surface area (Å²) < 4.78 is 12.8. The Labute approximate surface area is 212 Å². The molecular formula is C23H27ClN4O4S2. The van der Waals surface area contributed by atoms with Crippen LogP contribution in [0.1, 0.15) is 44.7 Å². The van der Waals surface area contributed by atoms with E-state index >= 15 is 0 Å². The normalized spacial score (nSPS) is 10.9. The lowest BCUT2D eigenvalue weighted by atomic mass is 10.1. The Bertz CT molecular complexity index is 1200. The second kappa shape index (κ2) is 11.2. The minimum Gasteiger partial charge on any atom is -0.486 e. The largest absolute Gasteiger partial charge is 0.486 e. The average Bonchev–Trinajstić information content (AvgIpc) is 3.27. The Kier molecular flexibility index (Phi) is 8.62. The number of ether oxygens (including phenoxy) is 2. The second-order valence-electron chi connectivity index (χ2n) is 7.66. The summed E-state index contributed by atoms with van der Waals surface area (Å²) >= 11 is 8.83. The average molecular weight is 523 g/mol. The van der Waals surface area contributed by atoms with E-state index in [1.165, 1.54) is 23.1 Å². The van der Waals surface area contributed by atoms with Crippen molar-refractivity contribution in [3.8, 4) is 5.75 Å². The number of thioether (sulfide) groups is 1. The van der Waals surface area contributed by atoms with Gasteiger partial charge in [0, 0.05) is 16.9 Å². The molecule has 8 nitrogen and oxygen atoms in total. The van der Waals surface area contributed by atoms with Crippen molar-refractivity contribution < 1.29 is 19.1 Å². The van der Waals surface area contributed by atoms with Gasteiger partial charge in [0.1, 0.15) is 17.4 Å². The number of amides is 1. The standard InChI is InChI=1S/C23H27ClN4O4S2/c1-7-31-22(30)19-14(4)15(5)34-21(19)25-18(29)11-33-23-27-26-17(28(23)6)10-32-16-8-12(2)20(24)13(3)9-16/h8-9H,7,10-11H2,1-6H3,(H,25,29). The summed E-state index contributed by atoms with van der Waals surface area (Å²) in [6, 6.07) is 3.76. The summed E-state index contributed by atoms with van der Waals surface area (Å²) in [7, 11) is 1.82. The topological polar surface area (TPSA) is 95.3 Å². The first kappa shape index (κ1) is 26.1. The minimum absolute atomic E-state index is 0.112. The zero-order valence-electron chi connectivity index (χ0n) is 19.9. The number of thiophene rings is 1. The third-order valence-corrected chi connectivity index (χ3v) is 7.89. The molecule has 0 saturated heterocycles. The van der Waals surface area contributed by atoms with E-state index in [4.69, 9.17) is 21.1 Å². The number of hydrogen-bond acceptors (Lipinski definition) is 8. The van der Waals surface area contributed by atoms with Gasteiger partial charge < -0.3 is 19.4 Å². The first-order valence-electron chi connectivity index (χ1n) is 10.6. The quantitative estimate of drug-likeness (QED) is 0.303. The van der Waals surface area contributed by atoms with E-state index < -0.39 is 5.97 Å². The molecular weight excluding hydrogens is 496 g/mol. The van der Waals surface area contributed by atoms with Gasteiger partial charge in [-0.05, 0) is 63.4 Å². The molecule has 1 N–H and O–H groups in total. The van der Waals surface area contributed by atoms with Gasteiger partial charge in [-0.3, -0.25) is 4.79 Å². The molecule has 3 aromatic rings. The molecule has 2 aromatic heterocycles. The van der Waals surface area contributed by atoms with Crippen molar-refractivity contribution in [2.24, 2.45) is 7.05 Å². The maximum absolute atomic E-state index is 12.6. The van der Waals surface area contributed by atoms with Crippen molar-refractivity contribution in [1.29, 1.82) is 0 Å². The minimum atomic E-state index is -0.434. The summed E-state index contributed by atoms with van der Waals surface area (Å²) in [5.74, 6) is 0.763. The number of nitrogens with zero attached hydrogens (tertiary/aromatic N) is 3. The Morgan fingerprint density at radius 1 is 1.18 bits per heavy atom. The first-order chi connectivity index (χ1) is 16.1. The molecule has 0 atom stereocenters. The van der Waals surface area contributed by atoms with E-state index in [1.54, 1.807) is 11.5 Å². The molecule has 0 bridgehead atoms. The van der Waals surface area contributed by atoms with Crippen molar-refractivity contribution in [2.45, 2.75) is 46.4 Å². The van der Waals surface area contributed by atoms with Crippen LogP contribution in [-0.2, 0) is 23.2 Å². The monoisotopic (exact) mass is 522 g/mol. The Morgan fingerprint density at radius 2 is 1.85 bits per heavy atom. The molecule has 0 aliphatic rings. The van der Waals surface area contributed by atoms with Gasteiger partial charge in [-0.1, -0.05) is 23.4 Å². The fourth-order valence-electron chi connectivity index (χ4n) is 3.19. The molecule has 0 unspecified atom stereocenters. The van der Waals surface area contributed by atoms with Crippen LogP contribution in [0.5, 0.6) is 5.75 Å². The zero-order chi connectivity index (χ0) is 25.0. The molecule has 0 spiro atoms. The van der Waals surface area contributed by atoms with Gasteiger partial charge in [0.15, 0.2) is 11.0 Å². The first-order valence-corrected chi connectivity index (χ1v) is 12.8.